The van der Waals surface area contributed by atoms with Crippen LogP contribution in [0.15, 0.2) is 0 Å². The molecule has 1 heterocycles. The smallest absolute Gasteiger partial charge is 0.331 e. The molecule has 0 spiro atoms. The Hall–Kier alpha value is -3.18. The van der Waals surface area contributed by atoms with Crippen molar-refractivity contribution >= 4 is 35.5 Å². The van der Waals surface area contributed by atoms with Gasteiger partial charge in [-0.3, -0.25) is 19.2 Å². The Morgan fingerprint density at radius 3 is 2.12 bits per heavy atom. The lowest BCUT2D eigenvalue weighted by Gasteiger charge is -2.38. The molecule has 2 aliphatic carbocycles. The Labute approximate surface area is 248 Å². The molecule has 4 atom stereocenters. The molecule has 3 fully saturated rings. The Morgan fingerprint density at radius 1 is 1.00 bits per heavy atom. The van der Waals surface area contributed by atoms with Crippen LogP contribution in [0.25, 0.3) is 0 Å². The van der Waals surface area contributed by atoms with Crippen molar-refractivity contribution in [1.29, 1.82) is 0 Å². The van der Waals surface area contributed by atoms with E-state index in [0.29, 0.717) is 32.2 Å². The van der Waals surface area contributed by atoms with E-state index in [4.69, 9.17) is 10.5 Å². The van der Waals surface area contributed by atoms with Gasteiger partial charge in [0.2, 0.25) is 17.6 Å². The molecular formula is C30H49N5O7. The predicted octanol–water partition coefficient (Wildman–Crippen LogP) is 1.79. The second-order valence-electron chi connectivity index (χ2n) is 13.7. The number of primary amides is 1. The van der Waals surface area contributed by atoms with Crippen LogP contribution in [0.1, 0.15) is 92.4 Å². The second kappa shape index (κ2) is 13.4. The van der Waals surface area contributed by atoms with Crippen LogP contribution in [-0.2, 0) is 28.7 Å². The molecule has 1 saturated heterocycles. The lowest BCUT2D eigenvalue weighted by atomic mass is 9.81. The van der Waals surface area contributed by atoms with Crippen LogP contribution >= 0.6 is 0 Å². The molecule has 42 heavy (non-hydrogen) atoms. The molecular weight excluding hydrogens is 542 g/mol. The number of ether oxygens (including phenoxy) is 1. The fourth-order valence-electron chi connectivity index (χ4n) is 6.13. The van der Waals surface area contributed by atoms with Gasteiger partial charge in [-0.2, -0.15) is 0 Å². The van der Waals surface area contributed by atoms with Crippen LogP contribution in [-0.4, -0.2) is 77.7 Å². The zero-order valence-corrected chi connectivity index (χ0v) is 25.9. The van der Waals surface area contributed by atoms with Gasteiger partial charge in [-0.25, -0.2) is 9.59 Å². The molecule has 3 rings (SSSR count). The maximum absolute atomic E-state index is 14.2. The Balaban J connectivity index is 1.82. The van der Waals surface area contributed by atoms with Crippen molar-refractivity contribution in [2.24, 2.45) is 28.9 Å². The number of carbonyl (C=O) groups excluding carboxylic acids is 6. The fourth-order valence-corrected chi connectivity index (χ4v) is 6.13. The van der Waals surface area contributed by atoms with Gasteiger partial charge in [-0.05, 0) is 48.9 Å². The largest absolute Gasteiger partial charge is 0.467 e. The maximum Gasteiger partial charge on any atom is 0.331 e. The van der Waals surface area contributed by atoms with Crippen molar-refractivity contribution in [2.45, 2.75) is 116 Å². The molecule has 0 aromatic rings. The molecule has 0 aromatic carbocycles. The highest BCUT2D eigenvalue weighted by Gasteiger charge is 2.48. The maximum atomic E-state index is 14.2. The summed E-state index contributed by atoms with van der Waals surface area (Å²) < 4.78 is 5.01. The molecule has 12 nitrogen and oxygen atoms in total. The van der Waals surface area contributed by atoms with Gasteiger partial charge in [0.05, 0.1) is 13.2 Å². The average molecular weight is 592 g/mol. The molecule has 5 amide bonds. The standard InChI is InChI=1S/C30H49N5O7/c1-17(2)19-15-21(25(38)32-20(14-18-10-11-18)22(36)24(31)37)35(16-19)26(39)23(29(3,4)5)33-28(41)34-30(27(40)42-6)12-8-7-9-13-30/h17-21,23H,7-16H2,1-6H3,(H2,31,37)(H,32,38)(H2,33,34,41)/t19-,20?,21+,23-/m1/s1. The highest BCUT2D eigenvalue weighted by molar-refractivity contribution is 6.37. The summed E-state index contributed by atoms with van der Waals surface area (Å²) in [5.41, 5.74) is 3.35. The summed E-state index contributed by atoms with van der Waals surface area (Å²) in [7, 11) is 1.29. The van der Waals surface area contributed by atoms with Crippen molar-refractivity contribution in [3.63, 3.8) is 0 Å². The highest BCUT2D eigenvalue weighted by Crippen LogP contribution is 2.35. The molecule has 5 N–H and O–H groups in total. The number of hydrogen-bond acceptors (Lipinski definition) is 7. The van der Waals surface area contributed by atoms with Crippen LogP contribution in [0.3, 0.4) is 0 Å². The normalized spacial score (nSPS) is 23.5. The first-order valence-corrected chi connectivity index (χ1v) is 15.2. The first-order valence-electron chi connectivity index (χ1n) is 15.2. The molecule has 3 aliphatic rings. The number of Topliss-reactive ketones (excluding diaryl/α,β-unsaturated/α-hetero) is 1. The number of nitrogens with two attached hydrogens (primary N) is 1. The van der Waals surface area contributed by atoms with Gasteiger partial charge in [-0.1, -0.05) is 66.7 Å². The quantitative estimate of drug-likeness (QED) is 0.209. The van der Waals surface area contributed by atoms with E-state index >= 15 is 0 Å². The fraction of sp³-hybridized carbons (Fsp3) is 0.800. The summed E-state index contributed by atoms with van der Waals surface area (Å²) in [4.78, 5) is 79.4. The summed E-state index contributed by atoms with van der Waals surface area (Å²) in [6.07, 6.45) is 5.90. The Bertz CT molecular complexity index is 1060. The van der Waals surface area contributed by atoms with Gasteiger partial charge in [0.1, 0.15) is 17.6 Å². The van der Waals surface area contributed by atoms with E-state index in [1.165, 1.54) is 12.0 Å². The number of carbonyl (C=O) groups is 6. The molecule has 1 unspecified atom stereocenters. The third-order valence-electron chi connectivity index (χ3n) is 9.03. The first kappa shape index (κ1) is 33.3. The van der Waals surface area contributed by atoms with Gasteiger partial charge in [-0.15, -0.1) is 0 Å². The van der Waals surface area contributed by atoms with Crippen LogP contribution in [0.2, 0.25) is 0 Å². The molecule has 2 saturated carbocycles. The number of methoxy groups -OCH3 is 1. The first-order chi connectivity index (χ1) is 19.6. The number of urea groups is 1. The van der Waals surface area contributed by atoms with Gasteiger partial charge in [0.15, 0.2) is 0 Å². The van der Waals surface area contributed by atoms with Crippen LogP contribution in [0, 0.1) is 23.2 Å². The van der Waals surface area contributed by atoms with Gasteiger partial charge in [0.25, 0.3) is 5.91 Å². The van der Waals surface area contributed by atoms with E-state index in [9.17, 15) is 28.8 Å². The SMILES string of the molecule is COC(=O)C1(NC(=O)N[C@H](C(=O)N2C[C@H](C(C)C)C[C@H]2C(=O)NC(CC2CC2)C(=O)C(N)=O)C(C)(C)C)CCCCC1. The number of nitrogens with zero attached hydrogens (tertiary/aromatic N) is 1. The number of rotatable bonds is 11. The summed E-state index contributed by atoms with van der Waals surface area (Å²) >= 11 is 0. The number of likely N-dealkylation sites (tertiary alicyclic amines) is 1. The van der Waals surface area contributed by atoms with E-state index < -0.39 is 64.6 Å². The number of amides is 5. The van der Waals surface area contributed by atoms with E-state index in [0.717, 1.165) is 32.1 Å². The van der Waals surface area contributed by atoms with Gasteiger partial charge >= 0.3 is 12.0 Å². The van der Waals surface area contributed by atoms with Gasteiger partial charge < -0.3 is 31.3 Å². The number of esters is 1. The lowest BCUT2D eigenvalue weighted by molar-refractivity contribution is -0.149. The monoisotopic (exact) mass is 591 g/mol. The number of nitrogens with one attached hydrogen (secondary N) is 3. The van der Waals surface area contributed by atoms with Crippen LogP contribution < -0.4 is 21.7 Å². The second-order valence-corrected chi connectivity index (χ2v) is 13.7. The molecule has 1 aliphatic heterocycles. The van der Waals surface area contributed by atoms with Gasteiger partial charge in [0, 0.05) is 6.54 Å². The summed E-state index contributed by atoms with van der Waals surface area (Å²) in [5.74, 6) is -2.99. The molecule has 236 valence electrons. The molecule has 0 aromatic heterocycles. The third kappa shape index (κ3) is 8.01. The van der Waals surface area contributed by atoms with E-state index in [1.807, 2.05) is 34.6 Å². The van der Waals surface area contributed by atoms with Crippen molar-refractivity contribution in [1.82, 2.24) is 20.9 Å². The van der Waals surface area contributed by atoms with Crippen LogP contribution in [0.5, 0.6) is 0 Å². The number of ketones is 1. The predicted molar refractivity (Wildman–Crippen MR) is 155 cm³/mol. The van der Waals surface area contributed by atoms with Crippen LogP contribution in [0.4, 0.5) is 4.79 Å². The van der Waals surface area contributed by atoms with E-state index in [2.05, 4.69) is 16.0 Å². The summed E-state index contributed by atoms with van der Waals surface area (Å²) in [6, 6.07) is -3.61. The summed E-state index contributed by atoms with van der Waals surface area (Å²) in [6.45, 7) is 9.78. The zero-order chi connectivity index (χ0) is 31.4. The van der Waals surface area contributed by atoms with Crippen molar-refractivity contribution in [3.8, 4) is 0 Å². The van der Waals surface area contributed by atoms with E-state index in [-0.39, 0.29) is 17.8 Å². The average Bonchev–Trinajstić information content (AvgIpc) is 3.62. The molecule has 12 heteroatoms. The summed E-state index contributed by atoms with van der Waals surface area (Å²) in [5, 5.41) is 8.33. The minimum absolute atomic E-state index is 0.0118. The highest BCUT2D eigenvalue weighted by atomic mass is 16.5. The Morgan fingerprint density at radius 2 is 1.62 bits per heavy atom. The lowest BCUT2D eigenvalue weighted by Crippen LogP contribution is -2.63. The van der Waals surface area contributed by atoms with E-state index in [1.54, 1.807) is 0 Å². The van der Waals surface area contributed by atoms with Crippen molar-refractivity contribution in [2.75, 3.05) is 13.7 Å². The topological polar surface area (TPSA) is 177 Å². The van der Waals surface area contributed by atoms with Crippen molar-refractivity contribution in [3.05, 3.63) is 0 Å². The minimum Gasteiger partial charge on any atom is -0.467 e. The molecule has 0 radical (unpaired) electrons. The molecule has 0 bridgehead atoms. The Kier molecular flexibility index (Phi) is 10.6. The third-order valence-corrected chi connectivity index (χ3v) is 9.03. The van der Waals surface area contributed by atoms with Crippen molar-refractivity contribution < 1.29 is 33.5 Å². The number of hydrogen-bond donors (Lipinski definition) is 4. The minimum atomic E-state index is -1.16. The zero-order valence-electron chi connectivity index (χ0n) is 25.9.